The minimum absolute atomic E-state index is 0.599. The monoisotopic (exact) mass is 215 g/mol. The molecular formula is C13H31N2+. The molecule has 0 amide bonds. The van der Waals surface area contributed by atoms with E-state index in [0.29, 0.717) is 6.17 Å². The Morgan fingerprint density at radius 2 is 1.47 bits per heavy atom. The van der Waals surface area contributed by atoms with Crippen molar-refractivity contribution in [2.75, 3.05) is 26.2 Å². The Kier molecular flexibility index (Phi) is 8.07. The number of nitrogens with one attached hydrogen (secondary N) is 1. The van der Waals surface area contributed by atoms with Gasteiger partial charge in [0, 0.05) is 13.5 Å². The van der Waals surface area contributed by atoms with E-state index in [1.54, 1.807) is 0 Å². The summed E-state index contributed by atoms with van der Waals surface area (Å²) in [6, 6.07) is 0. The second kappa shape index (κ2) is 8.12. The minimum atomic E-state index is 0.599. The Labute approximate surface area is 96.6 Å². The summed E-state index contributed by atoms with van der Waals surface area (Å²) in [6.45, 7) is 16.4. The molecule has 1 N–H and O–H groups in total. The SMILES string of the molecule is CCCCCNC(C)[N+](CC)(CC)CC. The standard InChI is InChI=1S/C13H31N2/c1-6-10-11-12-14-13(5)15(7-2,8-3)9-4/h13-14H,6-12H2,1-5H3/q+1. The van der Waals surface area contributed by atoms with Crippen LogP contribution in [0.5, 0.6) is 0 Å². The van der Waals surface area contributed by atoms with Gasteiger partial charge in [0.15, 0.2) is 0 Å². The lowest BCUT2D eigenvalue weighted by Gasteiger charge is -2.41. The fraction of sp³-hybridized carbons (Fsp3) is 1.00. The van der Waals surface area contributed by atoms with Crippen LogP contribution >= 0.6 is 0 Å². The first-order valence-corrected chi connectivity index (χ1v) is 6.75. The van der Waals surface area contributed by atoms with Crippen LogP contribution in [0.4, 0.5) is 0 Å². The fourth-order valence-electron chi connectivity index (χ4n) is 2.37. The van der Waals surface area contributed by atoms with Crippen molar-refractivity contribution in [3.8, 4) is 0 Å². The van der Waals surface area contributed by atoms with Gasteiger partial charge in [-0.3, -0.25) is 5.32 Å². The van der Waals surface area contributed by atoms with Gasteiger partial charge in [-0.05, 0) is 27.2 Å². The Hall–Kier alpha value is -0.0800. The lowest BCUT2D eigenvalue weighted by molar-refractivity contribution is -0.947. The number of nitrogens with zero attached hydrogens (tertiary/aromatic N) is 1. The van der Waals surface area contributed by atoms with Gasteiger partial charge in [0.25, 0.3) is 0 Å². The summed E-state index contributed by atoms with van der Waals surface area (Å²) < 4.78 is 1.20. The van der Waals surface area contributed by atoms with Crippen molar-refractivity contribution >= 4 is 0 Å². The molecule has 0 heterocycles. The normalized spacial score (nSPS) is 14.2. The summed E-state index contributed by atoms with van der Waals surface area (Å²) >= 11 is 0. The van der Waals surface area contributed by atoms with Crippen molar-refractivity contribution in [1.29, 1.82) is 0 Å². The molecule has 0 aromatic heterocycles. The van der Waals surface area contributed by atoms with E-state index in [0.717, 1.165) is 0 Å². The molecule has 0 saturated carbocycles. The molecule has 1 atom stereocenters. The predicted molar refractivity (Wildman–Crippen MR) is 68.9 cm³/mol. The Bertz CT molecular complexity index is 133. The van der Waals surface area contributed by atoms with Crippen LogP contribution in [-0.2, 0) is 0 Å². The zero-order valence-electron chi connectivity index (χ0n) is 11.5. The summed E-state index contributed by atoms with van der Waals surface area (Å²) in [5.41, 5.74) is 0. The summed E-state index contributed by atoms with van der Waals surface area (Å²) in [6.07, 6.45) is 4.58. The molecule has 2 heteroatoms. The lowest BCUT2D eigenvalue weighted by Crippen LogP contribution is -2.59. The predicted octanol–water partition coefficient (Wildman–Crippen LogP) is 2.99. The zero-order valence-corrected chi connectivity index (χ0v) is 11.5. The van der Waals surface area contributed by atoms with Crippen LogP contribution in [-0.4, -0.2) is 36.8 Å². The molecule has 2 nitrogen and oxygen atoms in total. The third-order valence-corrected chi connectivity index (χ3v) is 3.93. The van der Waals surface area contributed by atoms with Crippen LogP contribution < -0.4 is 5.32 Å². The van der Waals surface area contributed by atoms with E-state index in [1.165, 1.54) is 49.9 Å². The molecule has 0 aromatic carbocycles. The summed E-state index contributed by atoms with van der Waals surface area (Å²) in [4.78, 5) is 0. The number of unbranched alkanes of at least 4 members (excludes halogenated alkanes) is 2. The molecular weight excluding hydrogens is 184 g/mol. The van der Waals surface area contributed by atoms with E-state index in [9.17, 15) is 0 Å². The molecule has 0 bridgehead atoms. The highest BCUT2D eigenvalue weighted by atomic mass is 15.4. The van der Waals surface area contributed by atoms with Gasteiger partial charge in [-0.2, -0.15) is 0 Å². The second-order valence-corrected chi connectivity index (χ2v) is 4.50. The van der Waals surface area contributed by atoms with Crippen LogP contribution in [0.2, 0.25) is 0 Å². The summed E-state index contributed by atoms with van der Waals surface area (Å²) in [5.74, 6) is 0. The molecule has 92 valence electrons. The molecule has 0 radical (unpaired) electrons. The van der Waals surface area contributed by atoms with Crippen LogP contribution in [0.25, 0.3) is 0 Å². The van der Waals surface area contributed by atoms with E-state index in [-0.39, 0.29) is 0 Å². The molecule has 0 rings (SSSR count). The van der Waals surface area contributed by atoms with Gasteiger partial charge < -0.3 is 4.48 Å². The smallest absolute Gasteiger partial charge is 0.139 e. The van der Waals surface area contributed by atoms with Gasteiger partial charge in [0.05, 0.1) is 19.6 Å². The van der Waals surface area contributed by atoms with E-state index >= 15 is 0 Å². The largest absolute Gasteiger partial charge is 0.310 e. The highest BCUT2D eigenvalue weighted by molar-refractivity contribution is 4.52. The second-order valence-electron chi connectivity index (χ2n) is 4.50. The van der Waals surface area contributed by atoms with E-state index < -0.39 is 0 Å². The molecule has 1 unspecified atom stereocenters. The van der Waals surface area contributed by atoms with Gasteiger partial charge in [0.2, 0.25) is 0 Å². The Morgan fingerprint density at radius 3 is 1.87 bits per heavy atom. The highest BCUT2D eigenvalue weighted by Crippen LogP contribution is 2.10. The molecule has 0 aliphatic carbocycles. The summed E-state index contributed by atoms with van der Waals surface area (Å²) in [7, 11) is 0. The number of hydrogen-bond acceptors (Lipinski definition) is 1. The van der Waals surface area contributed by atoms with Crippen molar-refractivity contribution in [2.24, 2.45) is 0 Å². The van der Waals surface area contributed by atoms with Crippen LogP contribution in [0, 0.1) is 0 Å². The molecule has 0 spiro atoms. The fourth-order valence-corrected chi connectivity index (χ4v) is 2.37. The lowest BCUT2D eigenvalue weighted by atomic mass is 10.2. The maximum atomic E-state index is 3.68. The average molecular weight is 215 g/mol. The van der Waals surface area contributed by atoms with Gasteiger partial charge in [-0.25, -0.2) is 0 Å². The van der Waals surface area contributed by atoms with Crippen LogP contribution in [0.1, 0.15) is 53.9 Å². The van der Waals surface area contributed by atoms with E-state index in [2.05, 4.69) is 39.9 Å². The van der Waals surface area contributed by atoms with Gasteiger partial charge >= 0.3 is 0 Å². The number of hydrogen-bond donors (Lipinski definition) is 1. The van der Waals surface area contributed by atoms with Crippen molar-refractivity contribution in [2.45, 2.75) is 60.0 Å². The molecule has 0 fully saturated rings. The first-order valence-electron chi connectivity index (χ1n) is 6.75. The van der Waals surface area contributed by atoms with E-state index in [1.807, 2.05) is 0 Å². The third-order valence-electron chi connectivity index (χ3n) is 3.93. The van der Waals surface area contributed by atoms with Gasteiger partial charge in [-0.1, -0.05) is 19.8 Å². The molecule has 0 aliphatic heterocycles. The Balaban J connectivity index is 3.97. The minimum Gasteiger partial charge on any atom is -0.310 e. The summed E-state index contributed by atoms with van der Waals surface area (Å²) in [5, 5.41) is 3.68. The number of rotatable bonds is 9. The topological polar surface area (TPSA) is 12.0 Å². The third kappa shape index (κ3) is 4.52. The molecule has 0 saturated heterocycles. The van der Waals surface area contributed by atoms with Crippen molar-refractivity contribution in [3.63, 3.8) is 0 Å². The quantitative estimate of drug-likeness (QED) is 0.354. The van der Waals surface area contributed by atoms with Crippen LogP contribution in [0.15, 0.2) is 0 Å². The average Bonchev–Trinajstić information content (AvgIpc) is 2.28. The van der Waals surface area contributed by atoms with E-state index in [4.69, 9.17) is 0 Å². The number of quaternary nitrogens is 1. The molecule has 15 heavy (non-hydrogen) atoms. The Morgan fingerprint density at radius 1 is 0.933 bits per heavy atom. The maximum Gasteiger partial charge on any atom is 0.139 e. The van der Waals surface area contributed by atoms with Gasteiger partial charge in [-0.15, -0.1) is 0 Å². The zero-order chi connectivity index (χ0) is 11.7. The first kappa shape index (κ1) is 14.9. The molecule has 0 aromatic rings. The van der Waals surface area contributed by atoms with Crippen LogP contribution in [0.3, 0.4) is 0 Å². The molecule has 0 aliphatic rings. The van der Waals surface area contributed by atoms with Gasteiger partial charge in [0.1, 0.15) is 6.17 Å². The maximum absolute atomic E-state index is 3.68. The van der Waals surface area contributed by atoms with Crippen molar-refractivity contribution in [3.05, 3.63) is 0 Å². The van der Waals surface area contributed by atoms with Crippen molar-refractivity contribution in [1.82, 2.24) is 5.32 Å². The van der Waals surface area contributed by atoms with Crippen molar-refractivity contribution < 1.29 is 4.48 Å². The first-order chi connectivity index (χ1) is 7.16. The highest BCUT2D eigenvalue weighted by Gasteiger charge is 2.27.